The summed E-state index contributed by atoms with van der Waals surface area (Å²) in [5.41, 5.74) is 2.57. The summed E-state index contributed by atoms with van der Waals surface area (Å²) in [7, 11) is 3.15. The number of hydrogen-bond donors (Lipinski definition) is 1. The van der Waals surface area contributed by atoms with Crippen LogP contribution in [0.4, 0.5) is 0 Å². The van der Waals surface area contributed by atoms with Crippen LogP contribution in [0.15, 0.2) is 10.1 Å². The lowest BCUT2D eigenvalue weighted by Gasteiger charge is -1.99. The summed E-state index contributed by atoms with van der Waals surface area (Å²) >= 11 is 0. The zero-order valence-electron chi connectivity index (χ0n) is 5.88. The van der Waals surface area contributed by atoms with Gasteiger partial charge in [0.15, 0.2) is 0 Å². The highest BCUT2D eigenvalue weighted by Gasteiger charge is 1.87. The summed E-state index contributed by atoms with van der Waals surface area (Å²) in [5.74, 6) is 0. The topological polar surface area (TPSA) is 46.0 Å². The molecule has 0 aliphatic rings. The molecule has 0 spiro atoms. The molecule has 0 saturated carbocycles. The molecule has 0 radical (unpaired) electrons. The average Bonchev–Trinajstić information content (AvgIpc) is 1.91. The molecule has 0 fully saturated rings. The minimum atomic E-state index is 0.410. The van der Waals surface area contributed by atoms with Gasteiger partial charge in [-0.25, -0.2) is 10.4 Å². The zero-order valence-corrected chi connectivity index (χ0v) is 5.88. The minimum Gasteiger partial charge on any atom is -0.467 e. The highest BCUT2D eigenvalue weighted by atomic mass is 16.5. The lowest BCUT2D eigenvalue weighted by atomic mass is 10.9. The van der Waals surface area contributed by atoms with Crippen molar-refractivity contribution in [1.82, 2.24) is 5.43 Å². The van der Waals surface area contributed by atoms with Gasteiger partial charge in [-0.3, -0.25) is 0 Å². The predicted molar refractivity (Wildman–Crippen MR) is 37.7 cm³/mol. The van der Waals surface area contributed by atoms with E-state index in [2.05, 4.69) is 15.5 Å². The second-order valence-corrected chi connectivity index (χ2v) is 1.23. The fourth-order valence-electron chi connectivity index (χ4n) is 0.307. The molecule has 4 nitrogen and oxygen atoms in total. The molecule has 0 aromatic rings. The van der Waals surface area contributed by atoms with Crippen LogP contribution >= 0.6 is 0 Å². The number of nitrogens with zero attached hydrogens (tertiary/aromatic N) is 2. The zero-order chi connectivity index (χ0) is 7.11. The third-order valence-electron chi connectivity index (χ3n) is 0.686. The quantitative estimate of drug-likeness (QED) is 0.312. The normalized spacial score (nSPS) is 12.1. The van der Waals surface area contributed by atoms with Crippen LogP contribution in [-0.4, -0.2) is 26.4 Å². The van der Waals surface area contributed by atoms with Crippen molar-refractivity contribution in [2.75, 3.05) is 14.2 Å². The molecular weight excluding hydrogens is 118 g/mol. The highest BCUT2D eigenvalue weighted by Crippen LogP contribution is 1.70. The van der Waals surface area contributed by atoms with Gasteiger partial charge in [-0.2, -0.15) is 5.10 Å². The summed E-state index contributed by atoms with van der Waals surface area (Å²) in [4.78, 5) is 3.71. The molecule has 0 heterocycles. The molecule has 0 atom stereocenters. The molecule has 0 aromatic carbocycles. The summed E-state index contributed by atoms with van der Waals surface area (Å²) in [6.45, 7) is 1.80. The Kier molecular flexibility index (Phi) is 4.49. The van der Waals surface area contributed by atoms with Crippen LogP contribution in [0.1, 0.15) is 6.92 Å². The van der Waals surface area contributed by atoms with Crippen LogP contribution in [-0.2, 0) is 4.74 Å². The van der Waals surface area contributed by atoms with Crippen molar-refractivity contribution in [3.8, 4) is 0 Å². The van der Waals surface area contributed by atoms with Crippen LogP contribution in [0.3, 0.4) is 0 Å². The molecule has 1 N–H and O–H groups in total. The molecule has 0 unspecified atom stereocenters. The molecule has 0 bridgehead atoms. The van der Waals surface area contributed by atoms with Crippen LogP contribution in [0.25, 0.3) is 0 Å². The molecule has 9 heavy (non-hydrogen) atoms. The summed E-state index contributed by atoms with van der Waals surface area (Å²) in [5, 5.41) is 3.68. The SMILES string of the molecule is C/C=N/NC(=NC)OC. The van der Waals surface area contributed by atoms with Crippen LogP contribution in [0.2, 0.25) is 0 Å². The van der Waals surface area contributed by atoms with E-state index in [0.717, 1.165) is 0 Å². The Hall–Kier alpha value is -1.06. The third-order valence-corrected chi connectivity index (χ3v) is 0.686. The van der Waals surface area contributed by atoms with Gasteiger partial charge in [-0.05, 0) is 6.92 Å². The number of amidine groups is 1. The van der Waals surface area contributed by atoms with Crippen LogP contribution in [0, 0.1) is 0 Å². The Balaban J connectivity index is 3.58. The van der Waals surface area contributed by atoms with E-state index in [9.17, 15) is 0 Å². The molecular formula is C5H11N3O. The van der Waals surface area contributed by atoms with Crippen LogP contribution < -0.4 is 5.43 Å². The van der Waals surface area contributed by atoms with Crippen molar-refractivity contribution in [2.45, 2.75) is 6.92 Å². The van der Waals surface area contributed by atoms with E-state index in [-0.39, 0.29) is 0 Å². The second kappa shape index (κ2) is 5.08. The molecule has 0 aromatic heterocycles. The van der Waals surface area contributed by atoms with Gasteiger partial charge in [0.25, 0.3) is 0 Å². The average molecular weight is 129 g/mol. The van der Waals surface area contributed by atoms with Crippen molar-refractivity contribution in [3.63, 3.8) is 0 Å². The van der Waals surface area contributed by atoms with Crippen molar-refractivity contribution >= 4 is 12.2 Å². The molecule has 4 heteroatoms. The van der Waals surface area contributed by atoms with Crippen molar-refractivity contribution in [2.24, 2.45) is 10.1 Å². The first kappa shape index (κ1) is 7.94. The van der Waals surface area contributed by atoms with E-state index in [1.54, 1.807) is 20.2 Å². The number of methoxy groups -OCH3 is 1. The first-order valence-electron chi connectivity index (χ1n) is 2.59. The monoisotopic (exact) mass is 129 g/mol. The first-order chi connectivity index (χ1) is 4.35. The number of hydrogen-bond acceptors (Lipinski definition) is 3. The van der Waals surface area contributed by atoms with E-state index < -0.39 is 0 Å². The van der Waals surface area contributed by atoms with Crippen molar-refractivity contribution in [3.05, 3.63) is 0 Å². The van der Waals surface area contributed by atoms with E-state index in [1.165, 1.54) is 7.11 Å². The molecule has 0 aliphatic carbocycles. The number of nitrogens with one attached hydrogen (secondary N) is 1. The van der Waals surface area contributed by atoms with E-state index in [4.69, 9.17) is 4.74 Å². The predicted octanol–water partition coefficient (Wildman–Crippen LogP) is 0.214. The smallest absolute Gasteiger partial charge is 0.305 e. The maximum Gasteiger partial charge on any atom is 0.305 e. The Bertz CT molecular complexity index is 119. The summed E-state index contributed by atoms with van der Waals surface area (Å²) in [6.07, 6.45) is 1.62. The number of rotatable bonds is 1. The number of hydrazone groups is 1. The molecule has 0 amide bonds. The highest BCUT2D eigenvalue weighted by molar-refractivity contribution is 5.73. The van der Waals surface area contributed by atoms with Crippen molar-refractivity contribution in [1.29, 1.82) is 0 Å². The fourth-order valence-corrected chi connectivity index (χ4v) is 0.307. The third kappa shape index (κ3) is 3.52. The maximum atomic E-state index is 4.73. The molecule has 0 rings (SSSR count). The fraction of sp³-hybridized carbons (Fsp3) is 0.600. The molecule has 0 aliphatic heterocycles. The van der Waals surface area contributed by atoms with E-state index >= 15 is 0 Å². The van der Waals surface area contributed by atoms with Gasteiger partial charge >= 0.3 is 6.02 Å². The Morgan fingerprint density at radius 2 is 2.33 bits per heavy atom. The minimum absolute atomic E-state index is 0.410. The van der Waals surface area contributed by atoms with Gasteiger partial charge in [-0.15, -0.1) is 0 Å². The van der Waals surface area contributed by atoms with Gasteiger partial charge in [-0.1, -0.05) is 0 Å². The maximum absolute atomic E-state index is 4.73. The molecule has 52 valence electrons. The summed E-state index contributed by atoms with van der Waals surface area (Å²) in [6, 6.07) is 0.410. The first-order valence-corrected chi connectivity index (χ1v) is 2.59. The molecule has 0 saturated heterocycles. The van der Waals surface area contributed by atoms with Gasteiger partial charge in [0.2, 0.25) is 0 Å². The van der Waals surface area contributed by atoms with Gasteiger partial charge in [0.05, 0.1) is 7.11 Å². The van der Waals surface area contributed by atoms with E-state index in [0.29, 0.717) is 6.02 Å². The Labute approximate surface area is 54.6 Å². The Morgan fingerprint density at radius 1 is 1.67 bits per heavy atom. The van der Waals surface area contributed by atoms with Gasteiger partial charge in [0, 0.05) is 13.3 Å². The van der Waals surface area contributed by atoms with Gasteiger partial charge < -0.3 is 4.74 Å². The Morgan fingerprint density at radius 3 is 2.67 bits per heavy atom. The van der Waals surface area contributed by atoms with Gasteiger partial charge in [0.1, 0.15) is 0 Å². The van der Waals surface area contributed by atoms with Crippen molar-refractivity contribution < 1.29 is 4.74 Å². The second-order valence-electron chi connectivity index (χ2n) is 1.23. The number of ether oxygens (including phenoxy) is 1. The standard InChI is InChI=1S/C5H11N3O/c1-4-7-8-5(6-2)9-3/h4H,1-3H3,(H,6,8)/b7-4+. The largest absolute Gasteiger partial charge is 0.467 e. The van der Waals surface area contributed by atoms with E-state index in [1.807, 2.05) is 0 Å². The van der Waals surface area contributed by atoms with Crippen LogP contribution in [0.5, 0.6) is 0 Å². The lowest BCUT2D eigenvalue weighted by molar-refractivity contribution is 0.381. The lowest BCUT2D eigenvalue weighted by Crippen LogP contribution is -2.18. The summed E-state index contributed by atoms with van der Waals surface area (Å²) < 4.78 is 4.73. The number of aliphatic imine (C=N–C) groups is 1.